The van der Waals surface area contributed by atoms with Crippen molar-refractivity contribution in [2.24, 2.45) is 0 Å². The number of fused-ring (bicyclic) bond motifs is 13. The van der Waals surface area contributed by atoms with E-state index >= 15 is 0 Å². The Bertz CT molecular complexity index is 3070. The van der Waals surface area contributed by atoms with Crippen molar-refractivity contribution in [3.63, 3.8) is 0 Å². The number of nitrogens with zero attached hydrogens (tertiary/aromatic N) is 1. The average molecular weight is 762 g/mol. The first kappa shape index (κ1) is 33.5. The molecule has 0 aliphatic heterocycles. The first-order valence-electron chi connectivity index (χ1n) is 22.0. The van der Waals surface area contributed by atoms with Crippen LogP contribution in [0.2, 0.25) is 0 Å². The van der Waals surface area contributed by atoms with E-state index in [2.05, 4.69) is 203 Å². The van der Waals surface area contributed by atoms with Gasteiger partial charge in [0.05, 0.1) is 11.1 Å². The Morgan fingerprint density at radius 1 is 0.458 bits per heavy atom. The largest absolute Gasteiger partial charge is 0.310 e. The van der Waals surface area contributed by atoms with Crippen LogP contribution < -0.4 is 4.90 Å². The SMILES string of the molecule is [2H]C([2H])(C)c1ccc(-c2ccccc2N(c2ccc3c(c2)-c2ccccc2C3(C)C)c2ccc3c(c2)C2(c4ccccc4-3)c3ccccc3-c3ccc(C(C)(C)C)cc32)cc1. The third-order valence-electron chi connectivity index (χ3n) is 13.7. The van der Waals surface area contributed by atoms with Gasteiger partial charge in [-0.2, -0.15) is 0 Å². The zero-order valence-electron chi connectivity index (χ0n) is 36.7. The van der Waals surface area contributed by atoms with Crippen molar-refractivity contribution in [3.8, 4) is 44.5 Å². The van der Waals surface area contributed by atoms with E-state index in [0.29, 0.717) is 5.56 Å². The lowest BCUT2D eigenvalue weighted by molar-refractivity contribution is 0.588. The van der Waals surface area contributed by atoms with Crippen LogP contribution in [0.1, 0.15) is 88.8 Å². The Balaban J connectivity index is 1.19. The van der Waals surface area contributed by atoms with Crippen LogP contribution in [0.25, 0.3) is 44.5 Å². The lowest BCUT2D eigenvalue weighted by atomic mass is 9.69. The maximum Gasteiger partial charge on any atom is 0.0726 e. The van der Waals surface area contributed by atoms with Gasteiger partial charge in [-0.15, -0.1) is 0 Å². The molecule has 1 nitrogen and oxygen atoms in total. The summed E-state index contributed by atoms with van der Waals surface area (Å²) in [5, 5.41) is 0. The number of rotatable bonds is 5. The van der Waals surface area contributed by atoms with Crippen LogP contribution in [0.4, 0.5) is 17.1 Å². The minimum absolute atomic E-state index is 0.0206. The summed E-state index contributed by atoms with van der Waals surface area (Å²) in [5.74, 6) is 0. The standard InChI is InChI=1S/C58H49N/c1-7-37-24-26-38(27-25-37)42-16-11-15-23-55(42)59(40-30-33-50-48(35-40)45-19-8-12-20-49(45)57(50,5)6)41-29-32-47-44-18-10-14-22-52(44)58(54(47)36-41)51-21-13-9-17-43(51)46-31-28-39(34-53(46)58)56(2,3)4/h8-36H,7H2,1-6H3/i7D2. The first-order valence-corrected chi connectivity index (χ1v) is 21.0. The van der Waals surface area contributed by atoms with E-state index in [9.17, 15) is 0 Å². The van der Waals surface area contributed by atoms with Gasteiger partial charge in [0.15, 0.2) is 0 Å². The van der Waals surface area contributed by atoms with Gasteiger partial charge in [-0.25, -0.2) is 0 Å². The van der Waals surface area contributed by atoms with E-state index in [1.165, 1.54) is 72.3 Å². The fraction of sp³-hybridized carbons (Fsp3) is 0.172. The zero-order valence-corrected chi connectivity index (χ0v) is 34.7. The summed E-state index contributed by atoms with van der Waals surface area (Å²) in [6.07, 6.45) is -1.43. The molecule has 8 aromatic rings. The summed E-state index contributed by atoms with van der Waals surface area (Å²) in [5.41, 5.74) is 22.5. The molecule has 59 heavy (non-hydrogen) atoms. The minimum atomic E-state index is -1.43. The Kier molecular flexibility index (Phi) is 7.26. The normalized spacial score (nSPS) is 17.0. The van der Waals surface area contributed by atoms with Gasteiger partial charge < -0.3 is 4.90 Å². The molecule has 0 fully saturated rings. The predicted molar refractivity (Wildman–Crippen MR) is 249 cm³/mol. The van der Waals surface area contributed by atoms with Crippen LogP contribution in [0, 0.1) is 0 Å². The molecule has 0 aromatic heterocycles. The fourth-order valence-corrected chi connectivity index (χ4v) is 10.7. The topological polar surface area (TPSA) is 3.24 Å². The summed E-state index contributed by atoms with van der Waals surface area (Å²) in [6, 6.07) is 65.2. The molecule has 3 aliphatic carbocycles. The van der Waals surface area contributed by atoms with Crippen molar-refractivity contribution >= 4 is 17.1 Å². The summed E-state index contributed by atoms with van der Waals surface area (Å²) in [7, 11) is 0. The highest BCUT2D eigenvalue weighted by Gasteiger charge is 2.52. The van der Waals surface area contributed by atoms with Crippen molar-refractivity contribution in [2.45, 2.75) is 64.2 Å². The second kappa shape index (κ2) is 12.8. The third-order valence-corrected chi connectivity index (χ3v) is 13.7. The Morgan fingerprint density at radius 3 is 1.59 bits per heavy atom. The lowest BCUT2D eigenvalue weighted by Gasteiger charge is -2.33. The van der Waals surface area contributed by atoms with E-state index in [1.54, 1.807) is 6.92 Å². The third kappa shape index (κ3) is 5.04. The van der Waals surface area contributed by atoms with Crippen LogP contribution in [-0.4, -0.2) is 0 Å². The van der Waals surface area contributed by atoms with E-state index in [1.807, 2.05) is 12.1 Å². The molecule has 1 atom stereocenters. The monoisotopic (exact) mass is 761 g/mol. The van der Waals surface area contributed by atoms with Crippen LogP contribution in [0.3, 0.4) is 0 Å². The second-order valence-electron chi connectivity index (χ2n) is 18.2. The summed E-state index contributed by atoms with van der Waals surface area (Å²) in [6.45, 7) is 13.2. The summed E-state index contributed by atoms with van der Waals surface area (Å²) >= 11 is 0. The van der Waals surface area contributed by atoms with Crippen molar-refractivity contribution in [1.82, 2.24) is 0 Å². The van der Waals surface area contributed by atoms with E-state index < -0.39 is 11.8 Å². The molecule has 1 unspecified atom stereocenters. The highest BCUT2D eigenvalue weighted by molar-refractivity contribution is 5.98. The molecule has 0 saturated heterocycles. The van der Waals surface area contributed by atoms with Gasteiger partial charge in [0, 0.05) is 25.1 Å². The Hall–Kier alpha value is -6.44. The molecule has 0 radical (unpaired) electrons. The van der Waals surface area contributed by atoms with Gasteiger partial charge in [-0.05, 0) is 126 Å². The molecule has 11 rings (SSSR count). The number of hydrogen-bond acceptors (Lipinski definition) is 1. The van der Waals surface area contributed by atoms with Gasteiger partial charge >= 0.3 is 0 Å². The molecule has 8 aromatic carbocycles. The van der Waals surface area contributed by atoms with Crippen LogP contribution in [-0.2, 0) is 22.6 Å². The smallest absolute Gasteiger partial charge is 0.0726 e. The minimum Gasteiger partial charge on any atom is -0.310 e. The van der Waals surface area contributed by atoms with Crippen LogP contribution in [0.15, 0.2) is 176 Å². The zero-order chi connectivity index (χ0) is 42.1. The van der Waals surface area contributed by atoms with Crippen molar-refractivity contribution in [1.29, 1.82) is 0 Å². The molecule has 1 heteroatoms. The molecule has 0 heterocycles. The molecule has 0 amide bonds. The average Bonchev–Trinajstić information content (AvgIpc) is 3.81. The lowest BCUT2D eigenvalue weighted by Crippen LogP contribution is -2.27. The van der Waals surface area contributed by atoms with Gasteiger partial charge in [0.2, 0.25) is 0 Å². The number of para-hydroxylation sites is 1. The molecular formula is C58H49N. The highest BCUT2D eigenvalue weighted by atomic mass is 15.1. The summed E-state index contributed by atoms with van der Waals surface area (Å²) < 4.78 is 16.8. The van der Waals surface area contributed by atoms with Crippen LogP contribution >= 0.6 is 0 Å². The molecular weight excluding hydrogens is 711 g/mol. The van der Waals surface area contributed by atoms with Gasteiger partial charge in [-0.3, -0.25) is 0 Å². The fourth-order valence-electron chi connectivity index (χ4n) is 10.7. The van der Waals surface area contributed by atoms with E-state index in [0.717, 1.165) is 28.2 Å². The van der Waals surface area contributed by atoms with Gasteiger partial charge in [0.1, 0.15) is 0 Å². The molecule has 286 valence electrons. The van der Waals surface area contributed by atoms with Crippen molar-refractivity contribution in [2.75, 3.05) is 4.90 Å². The van der Waals surface area contributed by atoms with Crippen molar-refractivity contribution < 1.29 is 2.74 Å². The van der Waals surface area contributed by atoms with Gasteiger partial charge in [-0.1, -0.05) is 187 Å². The second-order valence-corrected chi connectivity index (χ2v) is 18.2. The molecule has 3 aliphatic rings. The highest BCUT2D eigenvalue weighted by Crippen LogP contribution is 2.64. The van der Waals surface area contributed by atoms with E-state index in [4.69, 9.17) is 2.74 Å². The number of aryl methyl sites for hydroxylation is 1. The molecule has 0 bridgehead atoms. The maximum atomic E-state index is 8.39. The van der Waals surface area contributed by atoms with Gasteiger partial charge in [0.25, 0.3) is 0 Å². The van der Waals surface area contributed by atoms with Crippen molar-refractivity contribution in [3.05, 3.63) is 220 Å². The molecule has 1 spiro atoms. The Morgan fingerprint density at radius 2 is 0.949 bits per heavy atom. The number of hydrogen-bond donors (Lipinski definition) is 0. The summed E-state index contributed by atoms with van der Waals surface area (Å²) in [4.78, 5) is 2.46. The number of anilines is 3. The maximum absolute atomic E-state index is 8.39. The first-order chi connectivity index (χ1) is 29.3. The Labute approximate surface area is 352 Å². The van der Waals surface area contributed by atoms with Crippen LogP contribution in [0.5, 0.6) is 0 Å². The molecule has 0 saturated carbocycles. The number of benzene rings is 8. The van der Waals surface area contributed by atoms with E-state index in [-0.39, 0.29) is 10.8 Å². The molecule has 0 N–H and O–H groups in total. The quantitative estimate of drug-likeness (QED) is 0.169. The predicted octanol–water partition coefficient (Wildman–Crippen LogP) is 15.3.